The van der Waals surface area contributed by atoms with E-state index >= 15 is 0 Å². The Kier molecular flexibility index (Phi) is 2.88. The molecule has 0 bridgehead atoms. The van der Waals surface area contributed by atoms with E-state index in [2.05, 4.69) is 4.72 Å². The third-order valence-corrected chi connectivity index (χ3v) is 2.47. The molecule has 0 aromatic rings. The SMILES string of the molecule is Cl.NC1CNS(=O)(=O)C1. The van der Waals surface area contributed by atoms with Crippen molar-refractivity contribution in [2.75, 3.05) is 12.3 Å². The van der Waals surface area contributed by atoms with E-state index in [9.17, 15) is 8.42 Å². The van der Waals surface area contributed by atoms with Crippen LogP contribution in [0.4, 0.5) is 0 Å². The fraction of sp³-hybridized carbons (Fsp3) is 1.00. The van der Waals surface area contributed by atoms with Crippen molar-refractivity contribution < 1.29 is 8.42 Å². The van der Waals surface area contributed by atoms with Gasteiger partial charge in [0.15, 0.2) is 0 Å². The topological polar surface area (TPSA) is 72.2 Å². The lowest BCUT2D eigenvalue weighted by Gasteiger charge is -1.89. The molecule has 1 aliphatic rings. The second-order valence-corrected chi connectivity index (χ2v) is 3.74. The second-order valence-electron chi connectivity index (χ2n) is 1.89. The molecule has 9 heavy (non-hydrogen) atoms. The number of halogens is 1. The summed E-state index contributed by atoms with van der Waals surface area (Å²) in [6.45, 7) is 0.391. The lowest BCUT2D eigenvalue weighted by molar-refractivity contribution is 0.594. The van der Waals surface area contributed by atoms with Crippen molar-refractivity contribution in [1.82, 2.24) is 4.72 Å². The Morgan fingerprint density at radius 1 is 1.56 bits per heavy atom. The maximum atomic E-state index is 10.4. The highest BCUT2D eigenvalue weighted by atomic mass is 35.5. The van der Waals surface area contributed by atoms with Crippen LogP contribution in [0.1, 0.15) is 0 Å². The zero-order chi connectivity index (χ0) is 6.20. The third-order valence-electron chi connectivity index (χ3n) is 0.999. The summed E-state index contributed by atoms with van der Waals surface area (Å²) in [5.74, 6) is 0.0764. The summed E-state index contributed by atoms with van der Waals surface area (Å²) in [6.07, 6.45) is 0. The molecule has 0 aliphatic carbocycles. The molecule has 1 atom stereocenters. The van der Waals surface area contributed by atoms with Crippen LogP contribution in [-0.4, -0.2) is 26.8 Å². The van der Waals surface area contributed by atoms with Crippen molar-refractivity contribution >= 4 is 22.4 Å². The number of rotatable bonds is 0. The number of sulfonamides is 1. The Labute approximate surface area is 60.3 Å². The molecule has 0 radical (unpaired) electrons. The number of nitrogens with two attached hydrogens (primary N) is 1. The van der Waals surface area contributed by atoms with E-state index in [1.807, 2.05) is 0 Å². The van der Waals surface area contributed by atoms with Crippen molar-refractivity contribution in [3.8, 4) is 0 Å². The van der Waals surface area contributed by atoms with Crippen molar-refractivity contribution in [2.24, 2.45) is 5.73 Å². The van der Waals surface area contributed by atoms with Gasteiger partial charge >= 0.3 is 0 Å². The fourth-order valence-electron chi connectivity index (χ4n) is 0.634. The lowest BCUT2D eigenvalue weighted by atomic mass is 10.4. The van der Waals surface area contributed by atoms with Crippen LogP contribution in [0.5, 0.6) is 0 Å². The molecule has 0 amide bonds. The Balaban J connectivity index is 0.000000640. The predicted molar refractivity (Wildman–Crippen MR) is 37.0 cm³/mol. The van der Waals surface area contributed by atoms with Gasteiger partial charge in [-0.3, -0.25) is 0 Å². The first kappa shape index (κ1) is 9.16. The van der Waals surface area contributed by atoms with Crippen LogP contribution >= 0.6 is 12.4 Å². The van der Waals surface area contributed by atoms with Crippen molar-refractivity contribution in [1.29, 1.82) is 0 Å². The van der Waals surface area contributed by atoms with Crippen molar-refractivity contribution in [3.63, 3.8) is 0 Å². The molecule has 0 aromatic carbocycles. The van der Waals surface area contributed by atoms with E-state index < -0.39 is 10.0 Å². The summed E-state index contributed by atoms with van der Waals surface area (Å²) in [6, 6.07) is -0.208. The van der Waals surface area contributed by atoms with Gasteiger partial charge in [-0.25, -0.2) is 13.1 Å². The van der Waals surface area contributed by atoms with E-state index in [4.69, 9.17) is 5.73 Å². The monoisotopic (exact) mass is 172 g/mol. The highest BCUT2D eigenvalue weighted by Crippen LogP contribution is 1.95. The van der Waals surface area contributed by atoms with Crippen LogP contribution in [0.2, 0.25) is 0 Å². The molecule has 1 rings (SSSR count). The van der Waals surface area contributed by atoms with E-state index in [0.29, 0.717) is 6.54 Å². The van der Waals surface area contributed by atoms with Gasteiger partial charge in [0.25, 0.3) is 0 Å². The Bertz CT molecular complexity index is 178. The van der Waals surface area contributed by atoms with Gasteiger partial charge < -0.3 is 5.73 Å². The first-order valence-corrected chi connectivity index (χ1v) is 3.98. The third kappa shape index (κ3) is 2.49. The molecule has 4 nitrogen and oxygen atoms in total. The minimum absolute atomic E-state index is 0. The number of hydrogen-bond acceptors (Lipinski definition) is 3. The molecule has 1 aliphatic heterocycles. The van der Waals surface area contributed by atoms with Crippen molar-refractivity contribution in [2.45, 2.75) is 6.04 Å². The highest BCUT2D eigenvalue weighted by molar-refractivity contribution is 7.89. The number of nitrogens with one attached hydrogen (secondary N) is 1. The summed E-state index contributed by atoms with van der Waals surface area (Å²) in [5, 5.41) is 0. The molecule has 1 unspecified atom stereocenters. The van der Waals surface area contributed by atoms with Crippen molar-refractivity contribution in [3.05, 3.63) is 0 Å². The molecule has 3 N–H and O–H groups in total. The minimum atomic E-state index is -2.97. The molecule has 56 valence electrons. The highest BCUT2D eigenvalue weighted by Gasteiger charge is 2.23. The standard InChI is InChI=1S/C3H8N2O2S.ClH/c4-3-1-5-8(6,7)2-3;/h3,5H,1-2,4H2;1H. The smallest absolute Gasteiger partial charge is 0.213 e. The lowest BCUT2D eigenvalue weighted by Crippen LogP contribution is -2.24. The maximum absolute atomic E-state index is 10.4. The van der Waals surface area contributed by atoms with Crippen LogP contribution in [0.3, 0.4) is 0 Å². The Morgan fingerprint density at radius 2 is 2.11 bits per heavy atom. The normalized spacial score (nSPS) is 31.4. The van der Waals surface area contributed by atoms with E-state index in [-0.39, 0.29) is 24.2 Å². The Hall–Kier alpha value is 0.160. The molecule has 1 fully saturated rings. The molecular formula is C3H9ClN2O2S. The largest absolute Gasteiger partial charge is 0.326 e. The minimum Gasteiger partial charge on any atom is -0.326 e. The van der Waals surface area contributed by atoms with Crippen LogP contribution < -0.4 is 10.5 Å². The first-order valence-electron chi connectivity index (χ1n) is 2.33. The van der Waals surface area contributed by atoms with Gasteiger partial charge in [-0.05, 0) is 0 Å². The number of hydrogen-bond donors (Lipinski definition) is 2. The van der Waals surface area contributed by atoms with Gasteiger partial charge in [0, 0.05) is 12.6 Å². The summed E-state index contributed by atoms with van der Waals surface area (Å²) >= 11 is 0. The van der Waals surface area contributed by atoms with Gasteiger partial charge in [0.2, 0.25) is 10.0 Å². The molecule has 6 heteroatoms. The molecule has 0 spiro atoms. The average Bonchev–Trinajstić information content (AvgIpc) is 1.82. The summed E-state index contributed by atoms with van der Waals surface area (Å²) in [5.41, 5.74) is 5.27. The average molecular weight is 173 g/mol. The van der Waals surface area contributed by atoms with Gasteiger partial charge in [-0.15, -0.1) is 12.4 Å². The quantitative estimate of drug-likeness (QED) is 0.476. The zero-order valence-electron chi connectivity index (χ0n) is 4.70. The van der Waals surface area contributed by atoms with Crippen LogP contribution in [0.25, 0.3) is 0 Å². The van der Waals surface area contributed by atoms with Crippen LogP contribution in [0.15, 0.2) is 0 Å². The predicted octanol–water partition coefficient (Wildman–Crippen LogP) is -1.33. The molecular weight excluding hydrogens is 164 g/mol. The molecule has 0 saturated carbocycles. The fourth-order valence-corrected chi connectivity index (χ4v) is 1.90. The summed E-state index contributed by atoms with van der Waals surface area (Å²) in [4.78, 5) is 0. The van der Waals surface area contributed by atoms with Gasteiger partial charge in [0.05, 0.1) is 5.75 Å². The zero-order valence-corrected chi connectivity index (χ0v) is 6.33. The molecule has 1 heterocycles. The van der Waals surface area contributed by atoms with Gasteiger partial charge in [-0.1, -0.05) is 0 Å². The van der Waals surface area contributed by atoms with Crippen LogP contribution in [-0.2, 0) is 10.0 Å². The van der Waals surface area contributed by atoms with E-state index in [0.717, 1.165) is 0 Å². The maximum Gasteiger partial charge on any atom is 0.213 e. The van der Waals surface area contributed by atoms with E-state index in [1.165, 1.54) is 0 Å². The second kappa shape index (κ2) is 2.83. The molecule has 0 aromatic heterocycles. The molecule has 1 saturated heterocycles. The van der Waals surface area contributed by atoms with E-state index in [1.54, 1.807) is 0 Å². The summed E-state index contributed by atoms with van der Waals surface area (Å²) < 4.78 is 23.2. The summed E-state index contributed by atoms with van der Waals surface area (Å²) in [7, 11) is -2.97. The van der Waals surface area contributed by atoms with Crippen LogP contribution in [0, 0.1) is 0 Å². The Morgan fingerprint density at radius 3 is 2.22 bits per heavy atom. The first-order chi connectivity index (χ1) is 3.60. The van der Waals surface area contributed by atoms with Gasteiger partial charge in [0.1, 0.15) is 0 Å². The van der Waals surface area contributed by atoms with Gasteiger partial charge in [-0.2, -0.15) is 0 Å².